The molecule has 0 aliphatic heterocycles. The number of hydrogen-bond donors (Lipinski definition) is 0. The minimum absolute atomic E-state index is 0.812. The second kappa shape index (κ2) is 2.63. The van der Waals surface area contributed by atoms with Crippen molar-refractivity contribution < 1.29 is 16.1 Å². The summed E-state index contributed by atoms with van der Waals surface area (Å²) in [6, 6.07) is 0. The third kappa shape index (κ3) is 1.47. The van der Waals surface area contributed by atoms with Gasteiger partial charge in [0.1, 0.15) is 0 Å². The SMILES string of the molecule is C[C]1([Pt]([CH3])([CH3])[CH3])CCCC1. The van der Waals surface area contributed by atoms with Gasteiger partial charge in [0.05, 0.1) is 0 Å². The summed E-state index contributed by atoms with van der Waals surface area (Å²) in [5.41, 5.74) is 0. The third-order valence-corrected chi connectivity index (χ3v) is 12.1. The fourth-order valence-corrected chi connectivity index (χ4v) is 5.78. The summed E-state index contributed by atoms with van der Waals surface area (Å²) in [6.45, 7) is 2.52. The van der Waals surface area contributed by atoms with Crippen molar-refractivity contribution in [2.24, 2.45) is 0 Å². The zero-order valence-electron chi connectivity index (χ0n) is 7.64. The van der Waals surface area contributed by atoms with Crippen LogP contribution in [0.1, 0.15) is 32.6 Å². The van der Waals surface area contributed by atoms with E-state index in [1.54, 1.807) is 0 Å². The van der Waals surface area contributed by atoms with Crippen LogP contribution in [0.2, 0.25) is 19.7 Å². The van der Waals surface area contributed by atoms with Gasteiger partial charge in [-0.3, -0.25) is 0 Å². The molecule has 0 aromatic carbocycles. The first-order valence-corrected chi connectivity index (χ1v) is 11.8. The summed E-state index contributed by atoms with van der Waals surface area (Å²) >= 11 is -1.26. The second-order valence-corrected chi connectivity index (χ2v) is 16.9. The third-order valence-electron chi connectivity index (χ3n) is 2.76. The topological polar surface area (TPSA) is 0 Å². The zero-order chi connectivity index (χ0) is 7.83. The van der Waals surface area contributed by atoms with E-state index in [0.29, 0.717) is 0 Å². The van der Waals surface area contributed by atoms with E-state index in [4.69, 9.17) is 0 Å². The second-order valence-electron chi connectivity index (χ2n) is 3.97. The van der Waals surface area contributed by atoms with Crippen LogP contribution in [-0.4, -0.2) is 0 Å². The van der Waals surface area contributed by atoms with Gasteiger partial charge >= 0.3 is 68.4 Å². The van der Waals surface area contributed by atoms with Crippen LogP contribution >= 0.6 is 0 Å². The first kappa shape index (κ1) is 8.78. The van der Waals surface area contributed by atoms with Crippen molar-refractivity contribution in [2.45, 2.75) is 52.4 Å². The molecule has 0 radical (unpaired) electrons. The quantitative estimate of drug-likeness (QED) is 0.683. The molecule has 66 valence electrons. The molecular weight excluding hydrogens is 303 g/mol. The Bertz CT molecular complexity index is 115. The maximum absolute atomic E-state index is 2.55. The van der Waals surface area contributed by atoms with Gasteiger partial charge in [-0.15, -0.1) is 0 Å². The van der Waals surface area contributed by atoms with Gasteiger partial charge < -0.3 is 0 Å². The number of rotatable bonds is 1. The Balaban J connectivity index is 2.67. The van der Waals surface area contributed by atoms with Crippen molar-refractivity contribution in [1.29, 1.82) is 0 Å². The van der Waals surface area contributed by atoms with Crippen molar-refractivity contribution in [3.05, 3.63) is 0 Å². The van der Waals surface area contributed by atoms with E-state index in [0.717, 1.165) is 3.80 Å². The van der Waals surface area contributed by atoms with Crippen LogP contribution in [0.4, 0.5) is 0 Å². The fraction of sp³-hybridized carbons (Fsp3) is 1.00. The van der Waals surface area contributed by atoms with E-state index < -0.39 is 16.1 Å². The first-order chi connectivity index (χ1) is 4.46. The molecule has 1 rings (SSSR count). The van der Waals surface area contributed by atoms with Gasteiger partial charge in [-0.1, -0.05) is 0 Å². The molecule has 0 bridgehead atoms. The molecule has 0 atom stereocenters. The summed E-state index contributed by atoms with van der Waals surface area (Å²) < 4.78 is 0.812. The van der Waals surface area contributed by atoms with Crippen molar-refractivity contribution in [3.8, 4) is 0 Å². The maximum atomic E-state index is 2.55. The van der Waals surface area contributed by atoms with Crippen LogP contribution in [-0.2, 0) is 16.1 Å². The van der Waals surface area contributed by atoms with Crippen LogP contribution in [0.3, 0.4) is 0 Å². The van der Waals surface area contributed by atoms with Crippen molar-refractivity contribution in [3.63, 3.8) is 0 Å². The fourth-order valence-electron chi connectivity index (χ4n) is 1.56. The number of hydrogen-bond acceptors (Lipinski definition) is 0. The summed E-state index contributed by atoms with van der Waals surface area (Å²) in [4.78, 5) is 0. The van der Waals surface area contributed by atoms with E-state index in [-0.39, 0.29) is 0 Å². The van der Waals surface area contributed by atoms with Gasteiger partial charge in [0.2, 0.25) is 0 Å². The molecule has 0 amide bonds. The predicted molar refractivity (Wildman–Crippen MR) is 44.4 cm³/mol. The molecule has 0 nitrogen and oxygen atoms in total. The molecule has 1 saturated carbocycles. The minimum atomic E-state index is -1.26. The Morgan fingerprint density at radius 3 is 1.60 bits per heavy atom. The van der Waals surface area contributed by atoms with Gasteiger partial charge in [-0.25, -0.2) is 0 Å². The molecule has 10 heavy (non-hydrogen) atoms. The summed E-state index contributed by atoms with van der Waals surface area (Å²) in [7, 11) is 0. The molecule has 1 fully saturated rings. The zero-order valence-corrected chi connectivity index (χ0v) is 9.92. The van der Waals surface area contributed by atoms with E-state index in [1.165, 1.54) is 25.7 Å². The average Bonchev–Trinajstić information content (AvgIpc) is 2.13. The van der Waals surface area contributed by atoms with Gasteiger partial charge in [0, 0.05) is 0 Å². The van der Waals surface area contributed by atoms with Gasteiger partial charge in [-0.2, -0.15) is 0 Å². The van der Waals surface area contributed by atoms with E-state index in [1.807, 2.05) is 0 Å². The Kier molecular flexibility index (Phi) is 2.31. The molecule has 0 aromatic rings. The summed E-state index contributed by atoms with van der Waals surface area (Å²) in [5.74, 6) is 0. The predicted octanol–water partition coefficient (Wildman–Crippen LogP) is 4.04. The molecule has 1 heteroatoms. The molecule has 1 aliphatic rings. The first-order valence-electron chi connectivity index (χ1n) is 3.81. The molecular formula is C9H20Pt. The van der Waals surface area contributed by atoms with E-state index in [9.17, 15) is 0 Å². The Morgan fingerprint density at radius 1 is 1.00 bits per heavy atom. The van der Waals surface area contributed by atoms with Crippen LogP contribution < -0.4 is 0 Å². The van der Waals surface area contributed by atoms with E-state index in [2.05, 4.69) is 22.9 Å². The van der Waals surface area contributed by atoms with Crippen LogP contribution in [0.15, 0.2) is 0 Å². The Labute approximate surface area is 68.6 Å². The molecule has 0 saturated heterocycles. The van der Waals surface area contributed by atoms with Gasteiger partial charge in [0.25, 0.3) is 0 Å². The molecule has 0 N–H and O–H groups in total. The average molecular weight is 323 g/mol. The van der Waals surface area contributed by atoms with E-state index >= 15 is 0 Å². The van der Waals surface area contributed by atoms with Gasteiger partial charge in [-0.05, 0) is 0 Å². The summed E-state index contributed by atoms with van der Waals surface area (Å²) in [5, 5.41) is 7.66. The molecule has 0 aromatic heterocycles. The van der Waals surface area contributed by atoms with Crippen LogP contribution in [0.5, 0.6) is 0 Å². The standard InChI is InChI=1S/C6H11.3CH3.Pt/c1-6-4-2-3-5-6;;;;/h2-5H2,1H3;3*1H3;. The van der Waals surface area contributed by atoms with Crippen molar-refractivity contribution >= 4 is 0 Å². The summed E-state index contributed by atoms with van der Waals surface area (Å²) in [6.07, 6.45) is 6.04. The Morgan fingerprint density at radius 2 is 1.40 bits per heavy atom. The normalized spacial score (nSPS) is 26.8. The van der Waals surface area contributed by atoms with Crippen molar-refractivity contribution in [2.75, 3.05) is 0 Å². The molecule has 1 aliphatic carbocycles. The monoisotopic (exact) mass is 323 g/mol. The Hall–Kier alpha value is 0.688. The molecule has 0 heterocycles. The van der Waals surface area contributed by atoms with Crippen molar-refractivity contribution in [1.82, 2.24) is 0 Å². The van der Waals surface area contributed by atoms with Gasteiger partial charge in [0.15, 0.2) is 0 Å². The van der Waals surface area contributed by atoms with Crippen LogP contribution in [0.25, 0.3) is 0 Å². The van der Waals surface area contributed by atoms with Crippen LogP contribution in [0, 0.1) is 0 Å². The molecule has 0 spiro atoms. The molecule has 0 unspecified atom stereocenters.